The minimum atomic E-state index is 0. The zero-order valence-corrected chi connectivity index (χ0v) is 7.89. The molecule has 0 fully saturated rings. The molecule has 0 saturated heterocycles. The first-order chi connectivity index (χ1) is 2.89. The monoisotopic (exact) mass is 253 g/mol. The first-order valence-electron chi connectivity index (χ1n) is 1.91. The van der Waals surface area contributed by atoms with Gasteiger partial charge in [0.2, 0.25) is 0 Å². The standard InChI is InChI=1S/C5H6N.2ClH.Rh/c1-5-2-3-6-4-5;;;/h2-3,6H,1H3;2*1H;/q-1;;;+3/p-2. The molecule has 1 aromatic rings. The number of rotatable bonds is 0. The van der Waals surface area contributed by atoms with E-state index in [1.165, 1.54) is 0 Å². The van der Waals surface area contributed by atoms with Gasteiger partial charge in [-0.2, -0.15) is 17.8 Å². The Balaban J connectivity index is -0.000000120. The van der Waals surface area contributed by atoms with Gasteiger partial charge in [-0.15, -0.1) is 6.20 Å². The molecule has 1 rings (SSSR count). The average Bonchev–Trinajstić information content (AvgIpc) is 1.86. The predicted octanol–water partition coefficient (Wildman–Crippen LogP) is -4.87. The molecular formula is C5H6Cl2NRh. The molecule has 1 N–H and O–H groups in total. The van der Waals surface area contributed by atoms with Crippen molar-refractivity contribution in [1.82, 2.24) is 4.98 Å². The second-order valence-electron chi connectivity index (χ2n) is 1.29. The fourth-order valence-corrected chi connectivity index (χ4v) is 0.364. The summed E-state index contributed by atoms with van der Waals surface area (Å²) in [6.07, 6.45) is 4.73. The largest absolute Gasteiger partial charge is 3.00 e. The minimum Gasteiger partial charge on any atom is -1.00 e. The van der Waals surface area contributed by atoms with Crippen LogP contribution in [0, 0.1) is 13.1 Å². The maximum Gasteiger partial charge on any atom is 3.00 e. The number of hydrogen-bond donors (Lipinski definition) is 1. The quantitative estimate of drug-likeness (QED) is 0.353. The molecule has 0 radical (unpaired) electrons. The molecule has 9 heavy (non-hydrogen) atoms. The number of nitrogens with one attached hydrogen (secondary N) is 1. The van der Waals surface area contributed by atoms with Gasteiger partial charge in [0.15, 0.2) is 0 Å². The Bertz CT molecular complexity index is 119. The molecule has 1 aromatic heterocycles. The summed E-state index contributed by atoms with van der Waals surface area (Å²) in [4.78, 5) is 2.80. The first-order valence-corrected chi connectivity index (χ1v) is 1.91. The summed E-state index contributed by atoms with van der Waals surface area (Å²) in [6, 6.07) is 1.97. The number of hydrogen-bond acceptors (Lipinski definition) is 0. The number of aryl methyl sites for hydroxylation is 1. The zero-order chi connectivity index (χ0) is 4.41. The molecule has 54 valence electrons. The van der Waals surface area contributed by atoms with E-state index in [1.807, 2.05) is 19.2 Å². The number of aromatic amines is 1. The molecule has 0 aromatic carbocycles. The molecule has 0 bridgehead atoms. The molecule has 1 heterocycles. The average molecular weight is 254 g/mol. The Kier molecular flexibility index (Phi) is 15.3. The molecule has 4 heteroatoms. The van der Waals surface area contributed by atoms with Gasteiger partial charge >= 0.3 is 19.5 Å². The van der Waals surface area contributed by atoms with E-state index in [0.717, 1.165) is 5.56 Å². The van der Waals surface area contributed by atoms with Crippen LogP contribution < -0.4 is 24.8 Å². The van der Waals surface area contributed by atoms with Crippen LogP contribution in [0.4, 0.5) is 0 Å². The topological polar surface area (TPSA) is 15.8 Å². The molecule has 0 aliphatic carbocycles. The van der Waals surface area contributed by atoms with Crippen LogP contribution in [0.25, 0.3) is 0 Å². The van der Waals surface area contributed by atoms with E-state index in [-0.39, 0.29) is 44.3 Å². The number of halogens is 2. The number of H-pyrrole nitrogens is 1. The van der Waals surface area contributed by atoms with Crippen molar-refractivity contribution in [3.05, 3.63) is 24.0 Å². The Hall–Kier alpha value is 0.483. The molecule has 0 amide bonds. The molecule has 0 aliphatic heterocycles. The van der Waals surface area contributed by atoms with E-state index < -0.39 is 0 Å². The van der Waals surface area contributed by atoms with Gasteiger partial charge in [0.1, 0.15) is 0 Å². The zero-order valence-electron chi connectivity index (χ0n) is 4.74. The summed E-state index contributed by atoms with van der Waals surface area (Å²) in [7, 11) is 0. The van der Waals surface area contributed by atoms with Gasteiger partial charge in [-0.3, -0.25) is 0 Å². The molecule has 0 aliphatic rings. The molecule has 0 saturated carbocycles. The maximum atomic E-state index is 2.88. The van der Waals surface area contributed by atoms with E-state index in [2.05, 4.69) is 11.2 Å². The van der Waals surface area contributed by atoms with Crippen LogP contribution in [0.2, 0.25) is 0 Å². The van der Waals surface area contributed by atoms with Gasteiger partial charge in [-0.1, -0.05) is 6.92 Å². The SMILES string of the molecule is Cc1[c-][nH]cc1.[Cl-].[Cl-].[Rh+3]. The molecule has 1 nitrogen and oxygen atoms in total. The summed E-state index contributed by atoms with van der Waals surface area (Å²) in [5.74, 6) is 0. The second-order valence-corrected chi connectivity index (χ2v) is 1.29. The second kappa shape index (κ2) is 8.48. The van der Waals surface area contributed by atoms with Crippen molar-refractivity contribution in [1.29, 1.82) is 0 Å². The third-order valence-electron chi connectivity index (χ3n) is 0.686. The maximum absolute atomic E-state index is 2.88. The van der Waals surface area contributed by atoms with E-state index in [0.29, 0.717) is 0 Å². The van der Waals surface area contributed by atoms with Gasteiger partial charge in [-0.25, -0.2) is 0 Å². The molecule has 0 spiro atoms. The van der Waals surface area contributed by atoms with Crippen LogP contribution in [-0.2, 0) is 19.5 Å². The van der Waals surface area contributed by atoms with Crippen molar-refractivity contribution in [2.45, 2.75) is 6.92 Å². The Labute approximate surface area is 80.2 Å². The van der Waals surface area contributed by atoms with E-state index in [4.69, 9.17) is 0 Å². The molecule has 0 unspecified atom stereocenters. The fraction of sp³-hybridized carbons (Fsp3) is 0.200. The Morgan fingerprint density at radius 3 is 2.11 bits per heavy atom. The van der Waals surface area contributed by atoms with Gasteiger partial charge in [0.25, 0.3) is 0 Å². The van der Waals surface area contributed by atoms with E-state index >= 15 is 0 Å². The molecule has 0 atom stereocenters. The van der Waals surface area contributed by atoms with Gasteiger partial charge in [-0.05, 0) is 0 Å². The van der Waals surface area contributed by atoms with Crippen molar-refractivity contribution in [3.8, 4) is 0 Å². The normalized spacial score (nSPS) is 5.89. The van der Waals surface area contributed by atoms with Crippen LogP contribution in [0.3, 0.4) is 0 Å². The van der Waals surface area contributed by atoms with Crippen molar-refractivity contribution in [2.24, 2.45) is 0 Å². The van der Waals surface area contributed by atoms with Crippen LogP contribution in [0.15, 0.2) is 12.3 Å². The van der Waals surface area contributed by atoms with Crippen molar-refractivity contribution in [2.75, 3.05) is 0 Å². The van der Waals surface area contributed by atoms with Crippen molar-refractivity contribution >= 4 is 0 Å². The third-order valence-corrected chi connectivity index (χ3v) is 0.686. The first kappa shape index (κ1) is 16.2. The van der Waals surface area contributed by atoms with E-state index in [9.17, 15) is 0 Å². The summed E-state index contributed by atoms with van der Waals surface area (Å²) < 4.78 is 0. The summed E-state index contributed by atoms with van der Waals surface area (Å²) >= 11 is 0. The third kappa shape index (κ3) is 6.37. The van der Waals surface area contributed by atoms with Crippen molar-refractivity contribution in [3.63, 3.8) is 0 Å². The minimum absolute atomic E-state index is 0. The van der Waals surface area contributed by atoms with E-state index in [1.54, 1.807) is 0 Å². The van der Waals surface area contributed by atoms with Crippen molar-refractivity contribution < 1.29 is 44.3 Å². The summed E-state index contributed by atoms with van der Waals surface area (Å²) in [5, 5.41) is 0. The predicted molar refractivity (Wildman–Crippen MR) is 24.4 cm³/mol. The summed E-state index contributed by atoms with van der Waals surface area (Å²) in [5.41, 5.74) is 1.16. The van der Waals surface area contributed by atoms with Crippen LogP contribution in [-0.4, -0.2) is 4.98 Å². The van der Waals surface area contributed by atoms with Gasteiger partial charge < -0.3 is 29.8 Å². The Morgan fingerprint density at radius 2 is 2.00 bits per heavy atom. The number of aromatic nitrogens is 1. The molecular weight excluding hydrogens is 248 g/mol. The summed E-state index contributed by atoms with van der Waals surface area (Å²) in [6.45, 7) is 2.00. The smallest absolute Gasteiger partial charge is 1.00 e. The van der Waals surface area contributed by atoms with Crippen LogP contribution >= 0.6 is 0 Å². The van der Waals surface area contributed by atoms with Gasteiger partial charge in [0.05, 0.1) is 0 Å². The van der Waals surface area contributed by atoms with Crippen LogP contribution in [0.5, 0.6) is 0 Å². The van der Waals surface area contributed by atoms with Crippen LogP contribution in [0.1, 0.15) is 5.56 Å². The van der Waals surface area contributed by atoms with Gasteiger partial charge in [0, 0.05) is 0 Å². The fourth-order valence-electron chi connectivity index (χ4n) is 0.364. The Morgan fingerprint density at radius 1 is 1.44 bits per heavy atom.